The number of benzene rings is 1. The van der Waals surface area contributed by atoms with Crippen LogP contribution in [0.1, 0.15) is 0 Å². The van der Waals surface area contributed by atoms with Gasteiger partial charge in [-0.15, -0.1) is 29.8 Å². The van der Waals surface area contributed by atoms with E-state index >= 15 is 0 Å². The van der Waals surface area contributed by atoms with Crippen LogP contribution in [0.4, 0.5) is 5.69 Å². The van der Waals surface area contributed by atoms with Crippen molar-refractivity contribution in [2.24, 2.45) is 0 Å². The number of hydrogen-bond acceptors (Lipinski definition) is 7. The first-order valence-corrected chi connectivity index (χ1v) is 12.2. The van der Waals surface area contributed by atoms with E-state index in [1.54, 1.807) is 56.3 Å². The largest absolute Gasteiger partial charge is 1.00 e. The normalized spacial score (nSPS) is 9.53. The Balaban J connectivity index is 0.000000165. The molecule has 1 radical (unpaired) electrons. The average Bonchev–Trinajstić information content (AvgIpc) is 3.03. The minimum Gasteiger partial charge on any atom is -0.497 e. The van der Waals surface area contributed by atoms with Crippen molar-refractivity contribution in [1.29, 1.82) is 0 Å². The smallest absolute Gasteiger partial charge is 0.497 e. The number of pyridine rings is 5. The van der Waals surface area contributed by atoms with E-state index in [1.807, 2.05) is 84.9 Å². The molecular weight excluding hydrogens is 675 g/mol. The molecular formula is C32H27N6OOs. The van der Waals surface area contributed by atoms with Gasteiger partial charge >= 0.3 is 19.8 Å². The molecule has 6 rings (SSSR count). The number of anilines is 1. The van der Waals surface area contributed by atoms with E-state index in [4.69, 9.17) is 10.5 Å². The van der Waals surface area contributed by atoms with Gasteiger partial charge < -0.3 is 15.5 Å². The zero-order chi connectivity index (χ0) is 27.1. The molecule has 7 nitrogen and oxygen atoms in total. The van der Waals surface area contributed by atoms with Gasteiger partial charge in [-0.1, -0.05) is 30.0 Å². The molecule has 0 aliphatic rings. The van der Waals surface area contributed by atoms with Gasteiger partial charge in [0.25, 0.3) is 0 Å². The first kappa shape index (κ1) is 29.8. The monoisotopic (exact) mass is 703 g/mol. The summed E-state index contributed by atoms with van der Waals surface area (Å²) in [6, 6.07) is 35.3. The van der Waals surface area contributed by atoms with Crippen molar-refractivity contribution < 1.29 is 24.5 Å². The summed E-state index contributed by atoms with van der Waals surface area (Å²) in [6.07, 6.45) is 8.77. The summed E-state index contributed by atoms with van der Waals surface area (Å²) < 4.78 is 5.12. The van der Waals surface area contributed by atoms with E-state index in [9.17, 15) is 0 Å². The molecule has 6 aromatic rings. The zero-order valence-electron chi connectivity index (χ0n) is 21.8. The maximum atomic E-state index is 5.69. The molecule has 0 spiro atoms. The van der Waals surface area contributed by atoms with Crippen molar-refractivity contribution in [1.82, 2.24) is 24.9 Å². The Bertz CT molecular complexity index is 1390. The Hall–Kier alpha value is -4.79. The van der Waals surface area contributed by atoms with Gasteiger partial charge in [0.2, 0.25) is 0 Å². The molecule has 2 N–H and O–H groups in total. The number of rotatable bonds is 4. The number of methoxy groups -OCH3 is 1. The fourth-order valence-electron chi connectivity index (χ4n) is 3.37. The van der Waals surface area contributed by atoms with E-state index in [-0.39, 0.29) is 19.8 Å². The van der Waals surface area contributed by atoms with E-state index < -0.39 is 0 Å². The first-order chi connectivity index (χ1) is 19.2. The summed E-state index contributed by atoms with van der Waals surface area (Å²) in [7, 11) is 1.63. The van der Waals surface area contributed by atoms with E-state index in [1.165, 1.54) is 0 Å². The van der Waals surface area contributed by atoms with Crippen LogP contribution < -0.4 is 10.5 Å². The van der Waals surface area contributed by atoms with Gasteiger partial charge in [-0.25, -0.2) is 0 Å². The average molecular weight is 702 g/mol. The second kappa shape index (κ2) is 16.2. The van der Waals surface area contributed by atoms with Crippen LogP contribution in [0.5, 0.6) is 5.75 Å². The molecule has 40 heavy (non-hydrogen) atoms. The molecule has 0 bridgehead atoms. The molecule has 0 amide bonds. The van der Waals surface area contributed by atoms with Crippen LogP contribution in [-0.4, -0.2) is 32.0 Å². The maximum Gasteiger partial charge on any atom is 1.00 e. The molecule has 5 heterocycles. The third-order valence-electron chi connectivity index (χ3n) is 5.25. The summed E-state index contributed by atoms with van der Waals surface area (Å²) in [5.74, 6) is 0.774. The van der Waals surface area contributed by atoms with Gasteiger partial charge in [0.1, 0.15) is 5.75 Å². The number of ether oxygens (including phenoxy) is 1. The van der Waals surface area contributed by atoms with Crippen LogP contribution in [0.3, 0.4) is 0 Å². The summed E-state index contributed by atoms with van der Waals surface area (Å²) in [4.78, 5) is 21.0. The predicted molar refractivity (Wildman–Crippen MR) is 154 cm³/mol. The fraction of sp³-hybridized carbons (Fsp3) is 0.0312. The van der Waals surface area contributed by atoms with Gasteiger partial charge in [0.05, 0.1) is 29.9 Å². The SMILES string of the molecule is COc1ccnc(-c2[c-]ccc(N)c2)c1.[Os+].c1ccc(-c2ccccn2)nc1.c1ccc(-c2ccccn2)nc1. The fourth-order valence-corrected chi connectivity index (χ4v) is 3.37. The van der Waals surface area contributed by atoms with Gasteiger partial charge in [-0.2, -0.15) is 0 Å². The van der Waals surface area contributed by atoms with Gasteiger partial charge in [0, 0.05) is 31.0 Å². The maximum absolute atomic E-state index is 5.69. The van der Waals surface area contributed by atoms with Gasteiger partial charge in [0.15, 0.2) is 0 Å². The van der Waals surface area contributed by atoms with E-state index in [0.717, 1.165) is 39.8 Å². The van der Waals surface area contributed by atoms with Crippen LogP contribution in [0, 0.1) is 6.07 Å². The van der Waals surface area contributed by atoms with Crippen molar-refractivity contribution in [2.45, 2.75) is 0 Å². The predicted octanol–water partition coefficient (Wildman–Crippen LogP) is 6.42. The molecule has 1 aromatic carbocycles. The van der Waals surface area contributed by atoms with Crippen molar-refractivity contribution >= 4 is 5.69 Å². The van der Waals surface area contributed by atoms with Crippen molar-refractivity contribution in [3.8, 4) is 39.8 Å². The van der Waals surface area contributed by atoms with Crippen LogP contribution in [0.25, 0.3) is 34.0 Å². The Labute approximate surface area is 247 Å². The molecule has 0 saturated heterocycles. The Morgan fingerprint density at radius 2 is 1.00 bits per heavy atom. The minimum atomic E-state index is 0. The Morgan fingerprint density at radius 3 is 1.38 bits per heavy atom. The third kappa shape index (κ3) is 9.19. The number of hydrogen-bond donors (Lipinski definition) is 1. The van der Waals surface area contributed by atoms with Crippen molar-refractivity contribution in [2.75, 3.05) is 12.8 Å². The molecule has 0 aliphatic heterocycles. The third-order valence-corrected chi connectivity index (χ3v) is 5.25. The molecule has 199 valence electrons. The summed E-state index contributed by atoms with van der Waals surface area (Å²) >= 11 is 0. The zero-order valence-corrected chi connectivity index (χ0v) is 24.3. The van der Waals surface area contributed by atoms with Crippen LogP contribution in [0.15, 0.2) is 134 Å². The Kier molecular flexibility index (Phi) is 12.1. The number of nitrogens with zero attached hydrogens (tertiary/aromatic N) is 5. The second-order valence-electron chi connectivity index (χ2n) is 7.98. The van der Waals surface area contributed by atoms with E-state index in [2.05, 4.69) is 31.0 Å². The number of aromatic nitrogens is 5. The molecule has 0 unspecified atom stereocenters. The minimum absolute atomic E-state index is 0. The number of nitrogen functional groups attached to an aromatic ring is 1. The summed E-state index contributed by atoms with van der Waals surface area (Å²) in [5.41, 5.74) is 11.7. The summed E-state index contributed by atoms with van der Waals surface area (Å²) in [5, 5.41) is 0. The molecule has 8 heteroatoms. The molecule has 5 aromatic heterocycles. The van der Waals surface area contributed by atoms with Crippen LogP contribution >= 0.6 is 0 Å². The molecule has 0 atom stereocenters. The van der Waals surface area contributed by atoms with Crippen molar-refractivity contribution in [3.05, 3.63) is 140 Å². The standard InChI is InChI=1S/C12H11N2O.2C10H8N2.Os/c1-15-11-5-6-14-12(8-11)9-3-2-4-10(13)7-9;2*1-3-7-11-9(5-1)10-6-2-4-8-12-10;/h2,4-8H,13H2,1H3;2*1-8H;/q-1;;;+1. The topological polar surface area (TPSA) is 99.7 Å². The van der Waals surface area contributed by atoms with Gasteiger partial charge in [-0.05, 0) is 66.4 Å². The van der Waals surface area contributed by atoms with Crippen LogP contribution in [-0.2, 0) is 19.8 Å². The molecule has 0 saturated carbocycles. The van der Waals surface area contributed by atoms with Crippen LogP contribution in [0.2, 0.25) is 0 Å². The molecule has 0 fully saturated rings. The van der Waals surface area contributed by atoms with Crippen molar-refractivity contribution in [3.63, 3.8) is 0 Å². The quantitative estimate of drug-likeness (QED) is 0.167. The first-order valence-electron chi connectivity index (χ1n) is 12.2. The summed E-state index contributed by atoms with van der Waals surface area (Å²) in [6.45, 7) is 0. The molecule has 0 aliphatic carbocycles. The van der Waals surface area contributed by atoms with Gasteiger partial charge in [-0.3, -0.25) is 19.9 Å². The number of nitrogens with two attached hydrogens (primary N) is 1. The van der Waals surface area contributed by atoms with E-state index in [0.29, 0.717) is 5.69 Å². The second-order valence-corrected chi connectivity index (χ2v) is 7.98. The Morgan fingerprint density at radius 1 is 0.550 bits per heavy atom.